The molecule has 2 aromatic carbocycles. The molecule has 0 radical (unpaired) electrons. The monoisotopic (exact) mass is 481 g/mol. The van der Waals surface area contributed by atoms with Gasteiger partial charge in [-0.05, 0) is 74.4 Å². The number of piperidine rings is 1. The van der Waals surface area contributed by atoms with Crippen molar-refractivity contribution in [2.24, 2.45) is 0 Å². The highest BCUT2D eigenvalue weighted by Gasteiger charge is 2.30. The molecule has 1 aliphatic rings. The zero-order valence-corrected chi connectivity index (χ0v) is 19.7. The minimum atomic E-state index is -3.60. The lowest BCUT2D eigenvalue weighted by atomic mass is 10.1. The molecule has 2 amide bonds. The van der Waals surface area contributed by atoms with Gasteiger partial charge in [-0.25, -0.2) is 13.1 Å². The molecular weight excluding hydrogens is 454 g/mol. The van der Waals surface area contributed by atoms with Crippen molar-refractivity contribution in [3.63, 3.8) is 0 Å². The first-order chi connectivity index (χ1) is 16.3. The number of carbonyl (C=O) groups excluding carboxylic acids is 2. The van der Waals surface area contributed by atoms with E-state index >= 15 is 0 Å². The molecular formula is C24H27N5O4S. The summed E-state index contributed by atoms with van der Waals surface area (Å²) in [4.78, 5) is 24.8. The largest absolute Gasteiger partial charge is 0.343 e. The molecule has 34 heavy (non-hydrogen) atoms. The number of aromatic nitrogens is 2. The zero-order chi connectivity index (χ0) is 24.1. The fourth-order valence-corrected chi connectivity index (χ4v) is 5.63. The summed E-state index contributed by atoms with van der Waals surface area (Å²) in [6, 6.07) is 14.7. The molecule has 1 unspecified atom stereocenters. The van der Waals surface area contributed by atoms with Crippen LogP contribution in [-0.4, -0.2) is 53.4 Å². The molecule has 1 saturated heterocycles. The van der Waals surface area contributed by atoms with E-state index in [0.717, 1.165) is 24.9 Å². The van der Waals surface area contributed by atoms with Crippen molar-refractivity contribution in [1.82, 2.24) is 19.4 Å². The van der Waals surface area contributed by atoms with Crippen LogP contribution in [0.1, 0.15) is 36.5 Å². The Morgan fingerprint density at radius 1 is 1.06 bits per heavy atom. The Labute approximate surface area is 198 Å². The molecule has 1 fully saturated rings. The predicted molar refractivity (Wildman–Crippen MR) is 128 cm³/mol. The van der Waals surface area contributed by atoms with Gasteiger partial charge in [-0.3, -0.25) is 9.59 Å². The summed E-state index contributed by atoms with van der Waals surface area (Å²) in [7, 11) is -3.60. The summed E-state index contributed by atoms with van der Waals surface area (Å²) < 4.78 is 29.1. The van der Waals surface area contributed by atoms with Gasteiger partial charge in [0.1, 0.15) is 0 Å². The lowest BCUT2D eigenvalue weighted by Crippen LogP contribution is -2.41. The summed E-state index contributed by atoms with van der Waals surface area (Å²) in [5.41, 5.74) is 1.73. The second-order valence-electron chi connectivity index (χ2n) is 8.21. The van der Waals surface area contributed by atoms with Gasteiger partial charge < -0.3 is 10.6 Å². The van der Waals surface area contributed by atoms with Gasteiger partial charge in [0.05, 0.1) is 17.1 Å². The van der Waals surface area contributed by atoms with Crippen LogP contribution in [0.2, 0.25) is 0 Å². The average molecular weight is 482 g/mol. The first-order valence-corrected chi connectivity index (χ1v) is 12.6. The molecule has 178 valence electrons. The van der Waals surface area contributed by atoms with Crippen LogP contribution in [0.25, 0.3) is 5.69 Å². The quantitative estimate of drug-likeness (QED) is 0.539. The molecule has 3 aromatic rings. The first kappa shape index (κ1) is 23.7. The second-order valence-corrected chi connectivity index (χ2v) is 10.1. The minimum absolute atomic E-state index is 0.0398. The SMILES string of the molecule is CC1CCCCN1S(=O)(=O)c1ccc(C(=O)NCC(=O)Nc2ccc(-n3cccn3)cc2)cc1. The summed E-state index contributed by atoms with van der Waals surface area (Å²) in [6.07, 6.45) is 6.21. The summed E-state index contributed by atoms with van der Waals surface area (Å²) >= 11 is 0. The molecule has 1 atom stereocenters. The van der Waals surface area contributed by atoms with Crippen LogP contribution in [0.3, 0.4) is 0 Å². The molecule has 10 heteroatoms. The van der Waals surface area contributed by atoms with E-state index in [1.165, 1.54) is 28.6 Å². The van der Waals surface area contributed by atoms with Gasteiger partial charge in [0.25, 0.3) is 5.91 Å². The standard InChI is InChI=1S/C24H27N5O4S/c1-18-5-2-3-16-29(18)34(32,33)22-12-6-19(7-13-22)24(31)25-17-23(30)27-20-8-10-21(11-9-20)28-15-4-14-26-28/h4,6-15,18H,2-3,5,16-17H2,1H3,(H,25,31)(H,27,30). The van der Waals surface area contributed by atoms with E-state index in [1.54, 1.807) is 23.0 Å². The average Bonchev–Trinajstić information content (AvgIpc) is 3.38. The second kappa shape index (κ2) is 10.2. The molecule has 0 bridgehead atoms. The number of amides is 2. The lowest BCUT2D eigenvalue weighted by molar-refractivity contribution is -0.115. The lowest BCUT2D eigenvalue weighted by Gasteiger charge is -2.32. The number of hydrogen-bond donors (Lipinski definition) is 2. The third-order valence-electron chi connectivity index (χ3n) is 5.79. The zero-order valence-electron chi connectivity index (χ0n) is 18.8. The third kappa shape index (κ3) is 5.35. The van der Waals surface area contributed by atoms with E-state index in [2.05, 4.69) is 15.7 Å². The Morgan fingerprint density at radius 3 is 2.44 bits per heavy atom. The minimum Gasteiger partial charge on any atom is -0.343 e. The van der Waals surface area contributed by atoms with Gasteiger partial charge in [-0.1, -0.05) is 6.42 Å². The van der Waals surface area contributed by atoms with E-state index in [4.69, 9.17) is 0 Å². The number of rotatable bonds is 7. The molecule has 0 aliphatic carbocycles. The number of hydrogen-bond acceptors (Lipinski definition) is 5. The summed E-state index contributed by atoms with van der Waals surface area (Å²) in [5.74, 6) is -0.835. The van der Waals surface area contributed by atoms with Crippen LogP contribution < -0.4 is 10.6 Å². The van der Waals surface area contributed by atoms with Crippen molar-refractivity contribution in [2.45, 2.75) is 37.1 Å². The first-order valence-electron chi connectivity index (χ1n) is 11.1. The van der Waals surface area contributed by atoms with Gasteiger partial charge in [-0.2, -0.15) is 9.40 Å². The Morgan fingerprint density at radius 2 is 1.79 bits per heavy atom. The van der Waals surface area contributed by atoms with Crippen molar-refractivity contribution in [3.8, 4) is 5.69 Å². The van der Waals surface area contributed by atoms with E-state index in [9.17, 15) is 18.0 Å². The Balaban J connectivity index is 1.31. The molecule has 4 rings (SSSR count). The topological polar surface area (TPSA) is 113 Å². The normalized spacial score (nSPS) is 16.7. The van der Waals surface area contributed by atoms with Crippen LogP contribution in [0, 0.1) is 0 Å². The summed E-state index contributed by atoms with van der Waals surface area (Å²) in [6.45, 7) is 2.20. The van der Waals surface area contributed by atoms with E-state index in [0.29, 0.717) is 12.2 Å². The van der Waals surface area contributed by atoms with Crippen molar-refractivity contribution < 1.29 is 18.0 Å². The Kier molecular flexibility index (Phi) is 7.09. The molecule has 1 aliphatic heterocycles. The summed E-state index contributed by atoms with van der Waals surface area (Å²) in [5, 5.41) is 9.43. The maximum Gasteiger partial charge on any atom is 0.251 e. The molecule has 1 aromatic heterocycles. The van der Waals surface area contributed by atoms with E-state index in [-0.39, 0.29) is 29.0 Å². The van der Waals surface area contributed by atoms with Gasteiger partial charge in [0.15, 0.2) is 0 Å². The van der Waals surface area contributed by atoms with Crippen LogP contribution in [-0.2, 0) is 14.8 Å². The van der Waals surface area contributed by atoms with Crippen LogP contribution in [0.4, 0.5) is 5.69 Å². The Bertz CT molecular complexity index is 1240. The van der Waals surface area contributed by atoms with Gasteiger partial charge in [-0.15, -0.1) is 0 Å². The van der Waals surface area contributed by atoms with E-state index in [1.807, 2.05) is 31.3 Å². The fourth-order valence-electron chi connectivity index (χ4n) is 3.93. The van der Waals surface area contributed by atoms with Gasteiger partial charge >= 0.3 is 0 Å². The van der Waals surface area contributed by atoms with Crippen LogP contribution >= 0.6 is 0 Å². The van der Waals surface area contributed by atoms with Crippen LogP contribution in [0.5, 0.6) is 0 Å². The maximum atomic E-state index is 12.9. The fraction of sp³-hybridized carbons (Fsp3) is 0.292. The van der Waals surface area contributed by atoms with Crippen molar-refractivity contribution in [1.29, 1.82) is 0 Å². The molecule has 9 nitrogen and oxygen atoms in total. The van der Waals surface area contributed by atoms with Gasteiger partial charge in [0, 0.05) is 36.2 Å². The van der Waals surface area contributed by atoms with Gasteiger partial charge in [0.2, 0.25) is 15.9 Å². The number of anilines is 1. The molecule has 0 saturated carbocycles. The molecule has 2 heterocycles. The smallest absolute Gasteiger partial charge is 0.251 e. The van der Waals surface area contributed by atoms with Crippen LogP contribution in [0.15, 0.2) is 71.9 Å². The number of carbonyl (C=O) groups is 2. The molecule has 2 N–H and O–H groups in total. The van der Waals surface area contributed by atoms with Crippen molar-refractivity contribution in [3.05, 3.63) is 72.6 Å². The highest BCUT2D eigenvalue weighted by atomic mass is 32.2. The third-order valence-corrected chi connectivity index (χ3v) is 7.82. The van der Waals surface area contributed by atoms with Crippen molar-refractivity contribution >= 4 is 27.5 Å². The van der Waals surface area contributed by atoms with Crippen molar-refractivity contribution in [2.75, 3.05) is 18.4 Å². The Hall–Kier alpha value is -3.50. The van der Waals surface area contributed by atoms with E-state index < -0.39 is 15.9 Å². The number of sulfonamides is 1. The highest BCUT2D eigenvalue weighted by molar-refractivity contribution is 7.89. The molecule has 0 spiro atoms. The number of benzene rings is 2. The number of nitrogens with one attached hydrogen (secondary N) is 2. The number of nitrogens with zero attached hydrogens (tertiary/aromatic N) is 3. The predicted octanol–water partition coefficient (Wildman–Crippen LogP) is 2.80. The highest BCUT2D eigenvalue weighted by Crippen LogP contribution is 2.25. The maximum absolute atomic E-state index is 12.9.